The fraction of sp³-hybridized carbons (Fsp3) is 0.321. The maximum absolute atomic E-state index is 11.3. The average molecular weight is 460 g/mol. The van der Waals surface area contributed by atoms with Gasteiger partial charge in [-0.2, -0.15) is 0 Å². The highest BCUT2D eigenvalue weighted by Crippen LogP contribution is 2.44. The Balaban J connectivity index is 1.52. The van der Waals surface area contributed by atoms with Crippen LogP contribution in [0.15, 0.2) is 54.6 Å². The predicted molar refractivity (Wildman–Crippen MR) is 130 cm³/mol. The van der Waals surface area contributed by atoms with Gasteiger partial charge in [-0.05, 0) is 41.5 Å². The highest BCUT2D eigenvalue weighted by atomic mass is 16.5. The Kier molecular flexibility index (Phi) is 5.70. The molecule has 3 aromatic carbocycles. The van der Waals surface area contributed by atoms with Crippen molar-refractivity contribution in [1.29, 1.82) is 0 Å². The summed E-state index contributed by atoms with van der Waals surface area (Å²) in [6.07, 6.45) is 0.714. The summed E-state index contributed by atoms with van der Waals surface area (Å²) in [7, 11) is 0. The van der Waals surface area contributed by atoms with Gasteiger partial charge in [0, 0.05) is 40.1 Å². The number of carboxylic acids is 1. The normalized spacial score (nSPS) is 17.8. The van der Waals surface area contributed by atoms with E-state index in [0.717, 1.165) is 45.7 Å². The lowest BCUT2D eigenvalue weighted by atomic mass is 9.84. The van der Waals surface area contributed by atoms with Gasteiger partial charge in [0.2, 0.25) is 0 Å². The summed E-state index contributed by atoms with van der Waals surface area (Å²) >= 11 is 0. The summed E-state index contributed by atoms with van der Waals surface area (Å²) in [5, 5.41) is 9.23. The van der Waals surface area contributed by atoms with Gasteiger partial charge in [0.05, 0.1) is 19.6 Å². The summed E-state index contributed by atoms with van der Waals surface area (Å²) in [5.41, 5.74) is 12.1. The first-order valence-electron chi connectivity index (χ1n) is 11.6. The van der Waals surface area contributed by atoms with Gasteiger partial charge in [-0.3, -0.25) is 4.79 Å². The van der Waals surface area contributed by atoms with Gasteiger partial charge in [-0.1, -0.05) is 38.1 Å². The molecule has 3 N–H and O–H groups in total. The van der Waals surface area contributed by atoms with Crippen LogP contribution in [0.1, 0.15) is 48.6 Å². The van der Waals surface area contributed by atoms with Crippen LogP contribution < -0.4 is 19.9 Å². The number of benzene rings is 3. The Morgan fingerprint density at radius 3 is 2.74 bits per heavy atom. The SMILES string of the molecule is CC1(C)COc2c(COc3ccccc3CC(=O)O)cc(-c3ccc4c(c3)[C@H](N)CCO4)cc21. The number of hydrogen-bond acceptors (Lipinski definition) is 5. The molecular weight excluding hydrogens is 430 g/mol. The Bertz CT molecular complexity index is 1250. The zero-order valence-corrected chi connectivity index (χ0v) is 19.5. The predicted octanol–water partition coefficient (Wildman–Crippen LogP) is 5.01. The Hall–Kier alpha value is -3.51. The summed E-state index contributed by atoms with van der Waals surface area (Å²) in [6, 6.07) is 17.7. The third-order valence-corrected chi connectivity index (χ3v) is 6.60. The number of rotatable bonds is 6. The molecule has 0 aliphatic carbocycles. The fourth-order valence-corrected chi connectivity index (χ4v) is 4.68. The number of hydrogen-bond donors (Lipinski definition) is 2. The smallest absolute Gasteiger partial charge is 0.307 e. The molecule has 0 saturated heterocycles. The maximum atomic E-state index is 11.3. The molecule has 34 heavy (non-hydrogen) atoms. The lowest BCUT2D eigenvalue weighted by Gasteiger charge is -2.24. The average Bonchev–Trinajstić information content (AvgIpc) is 3.12. The Morgan fingerprint density at radius 2 is 1.91 bits per heavy atom. The fourth-order valence-electron chi connectivity index (χ4n) is 4.68. The minimum Gasteiger partial charge on any atom is -0.493 e. The molecule has 0 bridgehead atoms. The van der Waals surface area contributed by atoms with Crippen LogP contribution in [-0.4, -0.2) is 24.3 Å². The van der Waals surface area contributed by atoms with Gasteiger partial charge >= 0.3 is 5.97 Å². The van der Waals surface area contributed by atoms with Gasteiger partial charge in [-0.15, -0.1) is 0 Å². The zero-order chi connectivity index (χ0) is 23.9. The first kappa shape index (κ1) is 22.3. The lowest BCUT2D eigenvalue weighted by Crippen LogP contribution is -2.20. The van der Waals surface area contributed by atoms with Crippen molar-refractivity contribution in [3.05, 3.63) is 76.9 Å². The molecule has 0 aromatic heterocycles. The molecule has 6 nitrogen and oxygen atoms in total. The standard InChI is InChI=1S/C28H29NO5/c1-28(2)16-34-27-20(15-33-24-6-4-3-5-18(24)14-26(30)31)11-19(13-22(27)28)17-7-8-25-21(12-17)23(29)9-10-32-25/h3-8,11-13,23H,9-10,14-16,29H2,1-2H3,(H,30,31)/t23-/m1/s1. The molecule has 1 atom stereocenters. The van der Waals surface area contributed by atoms with Crippen LogP contribution >= 0.6 is 0 Å². The van der Waals surface area contributed by atoms with Crippen LogP contribution in [-0.2, 0) is 23.2 Å². The summed E-state index contributed by atoms with van der Waals surface area (Å²) in [5.74, 6) is 1.38. The van der Waals surface area contributed by atoms with E-state index in [2.05, 4.69) is 38.1 Å². The van der Waals surface area contributed by atoms with Crippen molar-refractivity contribution in [3.63, 3.8) is 0 Å². The number of para-hydroxylation sites is 1. The minimum absolute atomic E-state index is 0.0357. The Labute approximate surface area is 199 Å². The van der Waals surface area contributed by atoms with Crippen LogP contribution in [0.4, 0.5) is 0 Å². The molecular formula is C28H29NO5. The van der Waals surface area contributed by atoms with Gasteiger partial charge in [0.1, 0.15) is 23.9 Å². The van der Waals surface area contributed by atoms with Crippen molar-refractivity contribution >= 4 is 5.97 Å². The second-order valence-electron chi connectivity index (χ2n) is 9.65. The first-order chi connectivity index (χ1) is 16.3. The van der Waals surface area contributed by atoms with E-state index in [1.54, 1.807) is 12.1 Å². The van der Waals surface area contributed by atoms with Crippen molar-refractivity contribution in [2.24, 2.45) is 5.73 Å². The van der Waals surface area contributed by atoms with Gasteiger partial charge in [0.15, 0.2) is 0 Å². The molecule has 176 valence electrons. The van der Waals surface area contributed by atoms with Gasteiger partial charge in [-0.25, -0.2) is 0 Å². The molecule has 2 heterocycles. The van der Waals surface area contributed by atoms with Crippen LogP contribution in [0.2, 0.25) is 0 Å². The van der Waals surface area contributed by atoms with Crippen LogP contribution in [0.5, 0.6) is 17.2 Å². The van der Waals surface area contributed by atoms with Crippen molar-refractivity contribution < 1.29 is 24.1 Å². The maximum Gasteiger partial charge on any atom is 0.307 e. The number of aliphatic carboxylic acids is 1. The number of carboxylic acid groups (broad SMARTS) is 1. The summed E-state index contributed by atoms with van der Waals surface area (Å²) in [6.45, 7) is 5.86. The molecule has 6 heteroatoms. The van der Waals surface area contributed by atoms with E-state index in [1.165, 1.54) is 0 Å². The highest BCUT2D eigenvalue weighted by Gasteiger charge is 2.34. The monoisotopic (exact) mass is 459 g/mol. The van der Waals surface area contributed by atoms with Crippen molar-refractivity contribution in [1.82, 2.24) is 0 Å². The zero-order valence-electron chi connectivity index (χ0n) is 19.5. The molecule has 0 saturated carbocycles. The topological polar surface area (TPSA) is 91.0 Å². The molecule has 2 aliphatic heterocycles. The van der Waals surface area contributed by atoms with Crippen LogP contribution in [0.3, 0.4) is 0 Å². The summed E-state index contributed by atoms with van der Waals surface area (Å²) < 4.78 is 18.0. The van der Waals surface area contributed by atoms with Crippen molar-refractivity contribution in [2.75, 3.05) is 13.2 Å². The third kappa shape index (κ3) is 4.21. The van der Waals surface area contributed by atoms with E-state index in [4.69, 9.17) is 19.9 Å². The highest BCUT2D eigenvalue weighted by molar-refractivity contribution is 5.72. The molecule has 3 aromatic rings. The molecule has 0 spiro atoms. The van der Waals surface area contributed by atoms with Gasteiger partial charge < -0.3 is 25.1 Å². The molecule has 2 aliphatic rings. The molecule has 5 rings (SSSR count). The molecule has 0 unspecified atom stereocenters. The van der Waals surface area contributed by atoms with E-state index in [0.29, 0.717) is 24.5 Å². The van der Waals surface area contributed by atoms with E-state index >= 15 is 0 Å². The number of ether oxygens (including phenoxy) is 3. The largest absolute Gasteiger partial charge is 0.493 e. The quantitative estimate of drug-likeness (QED) is 0.538. The number of nitrogens with two attached hydrogens (primary N) is 1. The lowest BCUT2D eigenvalue weighted by molar-refractivity contribution is -0.136. The minimum atomic E-state index is -0.890. The molecule has 0 fully saturated rings. The second kappa shape index (κ2) is 8.69. The number of carbonyl (C=O) groups is 1. The molecule has 0 radical (unpaired) electrons. The molecule has 0 amide bonds. The summed E-state index contributed by atoms with van der Waals surface area (Å²) in [4.78, 5) is 11.3. The number of fused-ring (bicyclic) bond motifs is 2. The van der Waals surface area contributed by atoms with Crippen LogP contribution in [0, 0.1) is 0 Å². The van der Waals surface area contributed by atoms with E-state index < -0.39 is 5.97 Å². The van der Waals surface area contributed by atoms with Crippen molar-refractivity contribution in [3.8, 4) is 28.4 Å². The first-order valence-corrected chi connectivity index (χ1v) is 11.6. The van der Waals surface area contributed by atoms with Crippen LogP contribution in [0.25, 0.3) is 11.1 Å². The Morgan fingerprint density at radius 1 is 1.09 bits per heavy atom. The van der Waals surface area contributed by atoms with Crippen molar-refractivity contribution in [2.45, 2.75) is 44.8 Å². The van der Waals surface area contributed by atoms with E-state index in [-0.39, 0.29) is 24.5 Å². The third-order valence-electron chi connectivity index (χ3n) is 6.60. The van der Waals surface area contributed by atoms with Gasteiger partial charge in [0.25, 0.3) is 0 Å². The van der Waals surface area contributed by atoms with E-state index in [9.17, 15) is 9.90 Å². The second-order valence-corrected chi connectivity index (χ2v) is 9.65. The van der Waals surface area contributed by atoms with E-state index in [1.807, 2.05) is 18.2 Å².